The van der Waals surface area contributed by atoms with Crippen molar-refractivity contribution in [1.82, 2.24) is 24.7 Å². The summed E-state index contributed by atoms with van der Waals surface area (Å²) in [4.78, 5) is 14.8. The van der Waals surface area contributed by atoms with Gasteiger partial charge in [-0.05, 0) is 69.4 Å². The van der Waals surface area contributed by atoms with Crippen molar-refractivity contribution in [2.24, 2.45) is 0 Å². The first kappa shape index (κ1) is 32.2. The summed E-state index contributed by atoms with van der Waals surface area (Å²) < 4.78 is 2.06. The van der Waals surface area contributed by atoms with Crippen LogP contribution in [-0.4, -0.2) is 24.7 Å². The Morgan fingerprint density at radius 2 is 0.764 bits per heavy atom. The van der Waals surface area contributed by atoms with Crippen molar-refractivity contribution in [3.8, 4) is 73.4 Å². The Bertz CT molecular complexity index is 2910. The molecule has 0 aliphatic carbocycles. The summed E-state index contributed by atoms with van der Waals surface area (Å²) in [5.41, 5.74) is 11.4. The largest absolute Gasteiger partial charge is 0.232 e. The van der Waals surface area contributed by atoms with E-state index in [1.807, 2.05) is 66.7 Å². The van der Waals surface area contributed by atoms with Gasteiger partial charge in [-0.25, -0.2) is 19.6 Å². The standard InChI is InChI=1S/C50H33N5/c1-4-16-35(17-5-1)48-51-49(36-18-6-2-7-19-36)53-50(52-48)42-25-14-23-40(33-42)38-21-12-20-37(31-38)39-22-13-24-41(32-39)47-46-44-28-11-10-15-34(44)29-30-45(46)55(54-47)43-26-8-3-9-27-43/h1-33H. The van der Waals surface area contributed by atoms with Crippen molar-refractivity contribution in [1.29, 1.82) is 0 Å². The molecule has 0 N–H and O–H groups in total. The summed E-state index contributed by atoms with van der Waals surface area (Å²) in [6.45, 7) is 0. The van der Waals surface area contributed by atoms with Gasteiger partial charge in [0.05, 0.1) is 11.2 Å². The molecule has 10 aromatic rings. The van der Waals surface area contributed by atoms with E-state index in [4.69, 9.17) is 20.1 Å². The Labute approximate surface area is 318 Å². The molecule has 55 heavy (non-hydrogen) atoms. The number of para-hydroxylation sites is 1. The Kier molecular flexibility index (Phi) is 8.08. The maximum absolute atomic E-state index is 5.27. The molecule has 0 saturated carbocycles. The molecule has 0 unspecified atom stereocenters. The van der Waals surface area contributed by atoms with Gasteiger partial charge >= 0.3 is 0 Å². The molecular formula is C50H33N5. The molecule has 10 rings (SSSR count). The minimum Gasteiger partial charge on any atom is -0.232 e. The van der Waals surface area contributed by atoms with E-state index in [1.54, 1.807) is 0 Å². The van der Waals surface area contributed by atoms with E-state index in [1.165, 1.54) is 10.8 Å². The van der Waals surface area contributed by atoms with Gasteiger partial charge in [0.1, 0.15) is 5.69 Å². The first-order chi connectivity index (χ1) is 27.2. The van der Waals surface area contributed by atoms with Crippen molar-refractivity contribution in [3.63, 3.8) is 0 Å². The highest BCUT2D eigenvalue weighted by Crippen LogP contribution is 2.37. The van der Waals surface area contributed by atoms with Gasteiger partial charge in [0.25, 0.3) is 0 Å². The summed E-state index contributed by atoms with van der Waals surface area (Å²) in [7, 11) is 0. The Balaban J connectivity index is 1.05. The summed E-state index contributed by atoms with van der Waals surface area (Å²) in [5.74, 6) is 1.92. The van der Waals surface area contributed by atoms with E-state index >= 15 is 0 Å². The lowest BCUT2D eigenvalue weighted by molar-refractivity contribution is 0.915. The number of aromatic nitrogens is 5. The zero-order valence-electron chi connectivity index (χ0n) is 29.8. The second-order valence-electron chi connectivity index (χ2n) is 13.6. The van der Waals surface area contributed by atoms with Gasteiger partial charge in [-0.1, -0.05) is 164 Å². The maximum Gasteiger partial charge on any atom is 0.164 e. The van der Waals surface area contributed by atoms with Gasteiger partial charge < -0.3 is 0 Å². The van der Waals surface area contributed by atoms with Crippen LogP contribution in [0.4, 0.5) is 0 Å². The number of hydrogen-bond donors (Lipinski definition) is 0. The van der Waals surface area contributed by atoms with Gasteiger partial charge in [-0.2, -0.15) is 5.10 Å². The average molecular weight is 704 g/mol. The van der Waals surface area contributed by atoms with Crippen LogP contribution < -0.4 is 0 Å². The van der Waals surface area contributed by atoms with Crippen LogP contribution in [0.1, 0.15) is 0 Å². The van der Waals surface area contributed by atoms with E-state index in [9.17, 15) is 0 Å². The summed E-state index contributed by atoms with van der Waals surface area (Å²) in [6.07, 6.45) is 0. The molecule has 0 amide bonds. The average Bonchev–Trinajstić information content (AvgIpc) is 3.68. The van der Waals surface area contributed by atoms with Gasteiger partial charge in [0.2, 0.25) is 0 Å². The van der Waals surface area contributed by atoms with Crippen molar-refractivity contribution in [2.75, 3.05) is 0 Å². The summed E-state index contributed by atoms with van der Waals surface area (Å²) in [5, 5.41) is 8.80. The van der Waals surface area contributed by atoms with E-state index in [-0.39, 0.29) is 0 Å². The van der Waals surface area contributed by atoms with Crippen LogP contribution >= 0.6 is 0 Å². The number of benzene rings is 8. The minimum atomic E-state index is 0.633. The van der Waals surface area contributed by atoms with Crippen LogP contribution in [0.3, 0.4) is 0 Å². The Morgan fingerprint density at radius 3 is 1.36 bits per heavy atom. The SMILES string of the molecule is c1ccc(-c2nc(-c3ccccc3)nc(-c3cccc(-c4cccc(-c5cccc(-c6nn(-c7ccccc7)c7ccc8ccccc8c67)c5)c4)c3)n2)cc1. The molecular weight excluding hydrogens is 671 g/mol. The quantitative estimate of drug-likeness (QED) is 0.166. The smallest absolute Gasteiger partial charge is 0.164 e. The molecule has 258 valence electrons. The number of fused-ring (bicyclic) bond motifs is 3. The lowest BCUT2D eigenvalue weighted by Crippen LogP contribution is -2.00. The molecule has 0 bridgehead atoms. The predicted octanol–water partition coefficient (Wildman–Crippen LogP) is 12.4. The molecule has 8 aromatic carbocycles. The normalized spacial score (nSPS) is 11.3. The fraction of sp³-hybridized carbons (Fsp3) is 0. The molecule has 0 radical (unpaired) electrons. The van der Waals surface area contributed by atoms with Crippen LogP contribution in [0.25, 0.3) is 95.0 Å². The lowest BCUT2D eigenvalue weighted by Gasteiger charge is -2.11. The highest BCUT2D eigenvalue weighted by molar-refractivity contribution is 6.13. The van der Waals surface area contributed by atoms with Gasteiger partial charge in [-0.15, -0.1) is 0 Å². The number of rotatable bonds is 7. The third-order valence-electron chi connectivity index (χ3n) is 10.1. The zero-order valence-corrected chi connectivity index (χ0v) is 29.8. The van der Waals surface area contributed by atoms with Crippen LogP contribution in [-0.2, 0) is 0 Å². The molecule has 0 saturated heterocycles. The number of nitrogens with zero attached hydrogens (tertiary/aromatic N) is 5. The highest BCUT2D eigenvalue weighted by Gasteiger charge is 2.18. The first-order valence-corrected chi connectivity index (χ1v) is 18.4. The van der Waals surface area contributed by atoms with Crippen LogP contribution in [0.15, 0.2) is 200 Å². The Morgan fingerprint density at radius 1 is 0.327 bits per heavy atom. The van der Waals surface area contributed by atoms with Crippen LogP contribution in [0, 0.1) is 0 Å². The molecule has 2 aromatic heterocycles. The van der Waals surface area contributed by atoms with E-state index < -0.39 is 0 Å². The molecule has 0 fully saturated rings. The van der Waals surface area contributed by atoms with E-state index in [2.05, 4.69) is 138 Å². The van der Waals surface area contributed by atoms with E-state index in [0.717, 1.165) is 66.8 Å². The minimum absolute atomic E-state index is 0.633. The third-order valence-corrected chi connectivity index (χ3v) is 10.1. The second-order valence-corrected chi connectivity index (χ2v) is 13.6. The van der Waals surface area contributed by atoms with Gasteiger partial charge in [0, 0.05) is 27.6 Å². The van der Waals surface area contributed by atoms with E-state index in [0.29, 0.717) is 17.5 Å². The maximum atomic E-state index is 5.27. The van der Waals surface area contributed by atoms with Gasteiger partial charge in [0.15, 0.2) is 17.5 Å². The van der Waals surface area contributed by atoms with Crippen LogP contribution in [0.5, 0.6) is 0 Å². The Hall–Kier alpha value is -7.50. The molecule has 0 atom stereocenters. The molecule has 0 spiro atoms. The van der Waals surface area contributed by atoms with Crippen molar-refractivity contribution < 1.29 is 0 Å². The third kappa shape index (κ3) is 6.14. The lowest BCUT2D eigenvalue weighted by atomic mass is 9.95. The van der Waals surface area contributed by atoms with Crippen molar-refractivity contribution in [3.05, 3.63) is 200 Å². The zero-order chi connectivity index (χ0) is 36.6. The second kappa shape index (κ2) is 13.8. The molecule has 0 aliphatic heterocycles. The van der Waals surface area contributed by atoms with Crippen molar-refractivity contribution in [2.45, 2.75) is 0 Å². The van der Waals surface area contributed by atoms with Gasteiger partial charge in [-0.3, -0.25) is 0 Å². The van der Waals surface area contributed by atoms with Crippen molar-refractivity contribution >= 4 is 21.7 Å². The molecule has 5 heteroatoms. The van der Waals surface area contributed by atoms with Crippen LogP contribution in [0.2, 0.25) is 0 Å². The molecule has 0 aliphatic rings. The fourth-order valence-corrected chi connectivity index (χ4v) is 7.36. The summed E-state index contributed by atoms with van der Waals surface area (Å²) >= 11 is 0. The fourth-order valence-electron chi connectivity index (χ4n) is 7.36. The molecule has 5 nitrogen and oxygen atoms in total. The first-order valence-electron chi connectivity index (χ1n) is 18.4. The summed E-state index contributed by atoms with van der Waals surface area (Å²) in [6, 6.07) is 69.3. The number of hydrogen-bond acceptors (Lipinski definition) is 4. The monoisotopic (exact) mass is 703 g/mol. The molecule has 2 heterocycles. The topological polar surface area (TPSA) is 56.5 Å². The predicted molar refractivity (Wildman–Crippen MR) is 225 cm³/mol. The highest BCUT2D eigenvalue weighted by atomic mass is 15.3.